The standard InChI is InChI=1S/C29H22ClN3O8S2/c1-40-20-9-11-22(12-10-20)42(35,36)33-26-17-23(43(37,38)39)15-18-7-13-24(29(34)28(18)26)31-32-25-16-19(30)8-14-27(25)41-21-5-3-2-4-6-21/h2-17,33-34H,1H3,(H,37,38,39). The summed E-state index contributed by atoms with van der Waals surface area (Å²) in [5.74, 6) is 0.772. The molecule has 0 radical (unpaired) electrons. The predicted octanol–water partition coefficient (Wildman–Crippen LogP) is 7.46. The van der Waals surface area contributed by atoms with Crippen molar-refractivity contribution < 1.29 is 36.0 Å². The van der Waals surface area contributed by atoms with Crippen molar-refractivity contribution in [1.82, 2.24) is 0 Å². The lowest BCUT2D eigenvalue weighted by atomic mass is 10.1. The van der Waals surface area contributed by atoms with Gasteiger partial charge in [-0.05, 0) is 78.2 Å². The number of phenols is 1. The molecule has 0 unspecified atom stereocenters. The minimum atomic E-state index is -4.75. The monoisotopic (exact) mass is 639 g/mol. The first kappa shape index (κ1) is 29.8. The van der Waals surface area contributed by atoms with Crippen LogP contribution in [0, 0.1) is 0 Å². The molecule has 5 aromatic carbocycles. The Bertz CT molecular complexity index is 2070. The molecule has 0 aliphatic rings. The molecule has 0 spiro atoms. The van der Waals surface area contributed by atoms with Gasteiger partial charge in [0.2, 0.25) is 0 Å². The Hall–Kier alpha value is -4.69. The number of phenolic OH excluding ortho intramolecular Hbond substituents is 1. The van der Waals surface area contributed by atoms with Crippen molar-refractivity contribution in [3.05, 3.63) is 102 Å². The summed E-state index contributed by atoms with van der Waals surface area (Å²) in [6.07, 6.45) is 0. The van der Waals surface area contributed by atoms with Crippen molar-refractivity contribution in [3.8, 4) is 23.0 Å². The Morgan fingerprint density at radius 1 is 0.767 bits per heavy atom. The number of fused-ring (bicyclic) bond motifs is 1. The van der Waals surface area contributed by atoms with Gasteiger partial charge < -0.3 is 14.6 Å². The number of rotatable bonds is 9. The van der Waals surface area contributed by atoms with E-state index >= 15 is 0 Å². The summed E-state index contributed by atoms with van der Waals surface area (Å²) >= 11 is 6.16. The molecule has 14 heteroatoms. The average Bonchev–Trinajstić information content (AvgIpc) is 2.97. The van der Waals surface area contributed by atoms with Crippen LogP contribution in [0.1, 0.15) is 0 Å². The Kier molecular flexibility index (Phi) is 8.24. The van der Waals surface area contributed by atoms with Gasteiger partial charge in [-0.3, -0.25) is 9.27 Å². The minimum absolute atomic E-state index is 0.0809. The van der Waals surface area contributed by atoms with Gasteiger partial charge >= 0.3 is 0 Å². The molecule has 0 fully saturated rings. The second-order valence-electron chi connectivity index (χ2n) is 8.99. The highest BCUT2D eigenvalue weighted by molar-refractivity contribution is 7.92. The number of ether oxygens (including phenoxy) is 2. The molecule has 5 aromatic rings. The number of hydrogen-bond donors (Lipinski definition) is 3. The second-order valence-corrected chi connectivity index (χ2v) is 12.5. The van der Waals surface area contributed by atoms with Crippen molar-refractivity contribution in [2.45, 2.75) is 9.79 Å². The Labute approximate surface area is 251 Å². The molecule has 5 rings (SSSR count). The van der Waals surface area contributed by atoms with Crippen molar-refractivity contribution in [2.24, 2.45) is 10.2 Å². The summed E-state index contributed by atoms with van der Waals surface area (Å²) in [6, 6.07) is 23.8. The second kappa shape index (κ2) is 11.9. The topological polar surface area (TPSA) is 164 Å². The van der Waals surface area contributed by atoms with E-state index in [4.69, 9.17) is 21.1 Å². The zero-order valence-corrected chi connectivity index (χ0v) is 24.6. The van der Waals surface area contributed by atoms with Gasteiger partial charge in [-0.2, -0.15) is 8.42 Å². The van der Waals surface area contributed by atoms with Crippen molar-refractivity contribution in [3.63, 3.8) is 0 Å². The first-order valence-electron chi connectivity index (χ1n) is 12.3. The zero-order chi connectivity index (χ0) is 30.8. The minimum Gasteiger partial charge on any atom is -0.505 e. The number of anilines is 1. The van der Waals surface area contributed by atoms with Crippen LogP contribution in [0.2, 0.25) is 5.02 Å². The molecule has 0 bridgehead atoms. The molecule has 0 saturated heterocycles. The molecule has 220 valence electrons. The Morgan fingerprint density at radius 2 is 1.47 bits per heavy atom. The van der Waals surface area contributed by atoms with Gasteiger partial charge in [-0.1, -0.05) is 35.9 Å². The fourth-order valence-corrected chi connectivity index (χ4v) is 5.83. The number of methoxy groups -OCH3 is 1. The molecule has 0 amide bonds. The van der Waals surface area contributed by atoms with Crippen LogP contribution in [0.5, 0.6) is 23.0 Å². The summed E-state index contributed by atoms with van der Waals surface area (Å²) < 4.78 is 73.3. The van der Waals surface area contributed by atoms with Gasteiger partial charge in [0.15, 0.2) is 11.5 Å². The fourth-order valence-electron chi connectivity index (χ4n) is 4.06. The maximum Gasteiger partial charge on any atom is 0.294 e. The van der Waals surface area contributed by atoms with E-state index in [1.165, 1.54) is 49.6 Å². The van der Waals surface area contributed by atoms with Crippen LogP contribution in [0.25, 0.3) is 10.8 Å². The van der Waals surface area contributed by atoms with E-state index in [-0.39, 0.29) is 32.7 Å². The van der Waals surface area contributed by atoms with E-state index in [2.05, 4.69) is 15.0 Å². The number of hydrogen-bond acceptors (Lipinski definition) is 9. The van der Waals surface area contributed by atoms with E-state index < -0.39 is 30.8 Å². The van der Waals surface area contributed by atoms with E-state index in [9.17, 15) is 26.5 Å². The average molecular weight is 640 g/mol. The van der Waals surface area contributed by atoms with Crippen molar-refractivity contribution in [2.75, 3.05) is 11.8 Å². The SMILES string of the molecule is COc1ccc(S(=O)(=O)Nc2cc(S(=O)(=O)O)cc3ccc(N=Nc4cc(Cl)ccc4Oc4ccccc4)c(O)c23)cc1. The molecule has 0 aliphatic heterocycles. The van der Waals surface area contributed by atoms with Gasteiger partial charge in [0.1, 0.15) is 22.9 Å². The molecule has 0 atom stereocenters. The highest BCUT2D eigenvalue weighted by atomic mass is 35.5. The van der Waals surface area contributed by atoms with Crippen LogP contribution in [0.4, 0.5) is 17.1 Å². The third-order valence-electron chi connectivity index (χ3n) is 6.11. The molecular formula is C29H22ClN3O8S2. The lowest BCUT2D eigenvalue weighted by molar-refractivity contribution is 0.414. The quantitative estimate of drug-likeness (QED) is 0.110. The number of halogens is 1. The highest BCUT2D eigenvalue weighted by Crippen LogP contribution is 2.43. The summed E-state index contributed by atoms with van der Waals surface area (Å²) in [4.78, 5) is -0.760. The van der Waals surface area contributed by atoms with Crippen LogP contribution in [0.3, 0.4) is 0 Å². The number of nitrogens with zero attached hydrogens (tertiary/aromatic N) is 2. The zero-order valence-electron chi connectivity index (χ0n) is 22.2. The Balaban J connectivity index is 1.59. The van der Waals surface area contributed by atoms with Gasteiger partial charge in [0, 0.05) is 5.02 Å². The third kappa shape index (κ3) is 6.70. The lowest BCUT2D eigenvalue weighted by Gasteiger charge is -2.14. The van der Waals surface area contributed by atoms with Crippen LogP contribution >= 0.6 is 11.6 Å². The van der Waals surface area contributed by atoms with Crippen LogP contribution < -0.4 is 14.2 Å². The third-order valence-corrected chi connectivity index (χ3v) is 8.56. The number of aromatic hydroxyl groups is 1. The molecule has 0 heterocycles. The van der Waals surface area contributed by atoms with Gasteiger partial charge in [-0.15, -0.1) is 10.2 Å². The maximum absolute atomic E-state index is 13.2. The number of nitrogens with one attached hydrogen (secondary N) is 1. The lowest BCUT2D eigenvalue weighted by Crippen LogP contribution is -2.14. The largest absolute Gasteiger partial charge is 0.505 e. The van der Waals surface area contributed by atoms with Gasteiger partial charge in [0.05, 0.1) is 28.0 Å². The maximum atomic E-state index is 13.2. The number of azo groups is 1. The molecule has 43 heavy (non-hydrogen) atoms. The van der Waals surface area contributed by atoms with Gasteiger partial charge in [-0.25, -0.2) is 8.42 Å². The summed E-state index contributed by atoms with van der Waals surface area (Å²) in [5.41, 5.74) is -0.174. The molecule has 11 nitrogen and oxygen atoms in total. The smallest absolute Gasteiger partial charge is 0.294 e. The van der Waals surface area contributed by atoms with Gasteiger partial charge in [0.25, 0.3) is 20.1 Å². The number of para-hydroxylation sites is 1. The molecule has 3 N–H and O–H groups in total. The predicted molar refractivity (Wildman–Crippen MR) is 161 cm³/mol. The Morgan fingerprint density at radius 3 is 2.14 bits per heavy atom. The fraction of sp³-hybridized carbons (Fsp3) is 0.0345. The van der Waals surface area contributed by atoms with E-state index in [1.54, 1.807) is 36.4 Å². The molecule has 0 aromatic heterocycles. The van der Waals surface area contributed by atoms with Crippen LogP contribution in [-0.4, -0.2) is 33.6 Å². The molecule has 0 saturated carbocycles. The van der Waals surface area contributed by atoms with E-state index in [1.807, 2.05) is 6.07 Å². The highest BCUT2D eigenvalue weighted by Gasteiger charge is 2.22. The first-order valence-corrected chi connectivity index (χ1v) is 15.6. The normalized spacial score (nSPS) is 12.0. The summed E-state index contributed by atoms with van der Waals surface area (Å²) in [7, 11) is -7.62. The summed E-state index contributed by atoms with van der Waals surface area (Å²) in [5, 5.41) is 19.9. The van der Waals surface area contributed by atoms with Crippen molar-refractivity contribution in [1.29, 1.82) is 0 Å². The van der Waals surface area contributed by atoms with Crippen LogP contribution in [0.15, 0.2) is 117 Å². The first-order chi connectivity index (χ1) is 20.4. The van der Waals surface area contributed by atoms with E-state index in [0.29, 0.717) is 22.3 Å². The van der Waals surface area contributed by atoms with Crippen LogP contribution in [-0.2, 0) is 20.1 Å². The van der Waals surface area contributed by atoms with E-state index in [0.717, 1.165) is 12.1 Å². The summed E-state index contributed by atoms with van der Waals surface area (Å²) in [6.45, 7) is 0. The number of benzene rings is 5. The molecular weight excluding hydrogens is 618 g/mol. The number of sulfonamides is 1. The van der Waals surface area contributed by atoms with Crippen molar-refractivity contribution >= 4 is 59.6 Å². The molecule has 0 aliphatic carbocycles.